The fraction of sp³-hybridized carbons (Fsp3) is 0.562. The van der Waals surface area contributed by atoms with Crippen molar-refractivity contribution < 1.29 is 19.1 Å². The summed E-state index contributed by atoms with van der Waals surface area (Å²) in [5.41, 5.74) is 1.12. The zero-order valence-electron chi connectivity index (χ0n) is 13.0. The van der Waals surface area contributed by atoms with E-state index in [0.29, 0.717) is 18.9 Å². The van der Waals surface area contributed by atoms with E-state index in [2.05, 4.69) is 13.8 Å². The molecule has 1 aliphatic rings. The van der Waals surface area contributed by atoms with E-state index in [-0.39, 0.29) is 12.0 Å². The first-order valence-corrected chi connectivity index (χ1v) is 7.19. The molecule has 2 rings (SSSR count). The number of benzene rings is 1. The molecule has 1 heterocycles. The Labute approximate surface area is 125 Å². The van der Waals surface area contributed by atoms with E-state index in [4.69, 9.17) is 14.3 Å². The molecular weight excluding hydrogens is 270 g/mol. The van der Waals surface area contributed by atoms with Crippen molar-refractivity contribution in [2.45, 2.75) is 39.0 Å². The molecule has 1 saturated heterocycles. The van der Waals surface area contributed by atoms with Crippen LogP contribution in [-0.4, -0.2) is 37.4 Å². The minimum absolute atomic E-state index is 0.205. The quantitative estimate of drug-likeness (QED) is 0.780. The lowest BCUT2D eigenvalue weighted by Gasteiger charge is -2.25. The zero-order valence-corrected chi connectivity index (χ0v) is 13.0. The van der Waals surface area contributed by atoms with Gasteiger partial charge in [-0.05, 0) is 23.6 Å². The third-order valence-electron chi connectivity index (χ3n) is 3.82. The topological polar surface area (TPSA) is 48.0 Å². The van der Waals surface area contributed by atoms with Gasteiger partial charge in [-0.25, -0.2) is 4.79 Å². The molecule has 0 amide bonds. The molecule has 0 saturated carbocycles. The van der Waals surface area contributed by atoms with Crippen LogP contribution in [0.3, 0.4) is 0 Å². The molecule has 1 aromatic rings. The number of hydroxylamine groups is 2. The average molecular weight is 293 g/mol. The maximum atomic E-state index is 11.7. The number of hydrogen-bond acceptors (Lipinski definition) is 5. The Bertz CT molecular complexity index is 472. The normalized spacial score (nSPS) is 22.5. The van der Waals surface area contributed by atoms with Gasteiger partial charge in [0.25, 0.3) is 0 Å². The first-order valence-electron chi connectivity index (χ1n) is 7.19. The number of hydrogen-bond donors (Lipinski definition) is 0. The Balaban J connectivity index is 2.06. The largest absolute Gasteiger partial charge is 0.497 e. The number of rotatable bonds is 5. The highest BCUT2D eigenvalue weighted by Crippen LogP contribution is 2.29. The van der Waals surface area contributed by atoms with Gasteiger partial charge in [0.2, 0.25) is 0 Å². The van der Waals surface area contributed by atoms with Crippen LogP contribution in [0.5, 0.6) is 5.75 Å². The number of carbonyl (C=O) groups excluding carboxylic acids is 1. The molecule has 0 aromatic heterocycles. The number of nitrogens with zero attached hydrogens (tertiary/aromatic N) is 1. The highest BCUT2D eigenvalue weighted by molar-refractivity contribution is 5.74. The van der Waals surface area contributed by atoms with E-state index in [1.807, 2.05) is 29.3 Å². The Morgan fingerprint density at radius 3 is 2.52 bits per heavy atom. The van der Waals surface area contributed by atoms with E-state index >= 15 is 0 Å². The van der Waals surface area contributed by atoms with Gasteiger partial charge in [0, 0.05) is 19.0 Å². The Morgan fingerprint density at radius 1 is 1.33 bits per heavy atom. The maximum Gasteiger partial charge on any atom is 0.337 e. The summed E-state index contributed by atoms with van der Waals surface area (Å²) in [4.78, 5) is 17.4. The van der Waals surface area contributed by atoms with Crippen LogP contribution in [0, 0.1) is 5.92 Å². The molecule has 5 heteroatoms. The van der Waals surface area contributed by atoms with Crippen molar-refractivity contribution >= 4 is 5.97 Å². The Morgan fingerprint density at radius 2 is 2.00 bits per heavy atom. The van der Waals surface area contributed by atoms with Crippen molar-refractivity contribution in [3.05, 3.63) is 29.8 Å². The van der Waals surface area contributed by atoms with Gasteiger partial charge in [0.1, 0.15) is 5.75 Å². The highest BCUT2D eigenvalue weighted by Gasteiger charge is 2.39. The Kier molecular flexibility index (Phi) is 5.20. The number of ether oxygens (including phenoxy) is 2. The van der Waals surface area contributed by atoms with Crippen LogP contribution >= 0.6 is 0 Å². The zero-order chi connectivity index (χ0) is 15.4. The summed E-state index contributed by atoms with van der Waals surface area (Å²) in [6.45, 7) is 4.91. The standard InChI is InChI=1S/C16H23NO4/c1-11(2)14-9-15(16(18)20-4)21-17(14)10-12-5-7-13(19-3)8-6-12/h5-8,11,14-15H,9-10H2,1-4H3. The van der Waals surface area contributed by atoms with Gasteiger partial charge in [0.05, 0.1) is 14.2 Å². The van der Waals surface area contributed by atoms with Gasteiger partial charge in [-0.3, -0.25) is 4.84 Å². The van der Waals surface area contributed by atoms with Crippen molar-refractivity contribution in [3.63, 3.8) is 0 Å². The van der Waals surface area contributed by atoms with Crippen LogP contribution in [0.25, 0.3) is 0 Å². The minimum atomic E-state index is -0.499. The van der Waals surface area contributed by atoms with E-state index in [1.165, 1.54) is 7.11 Å². The fourth-order valence-corrected chi connectivity index (χ4v) is 2.56. The lowest BCUT2D eigenvalue weighted by Crippen LogP contribution is -2.32. The fourth-order valence-electron chi connectivity index (χ4n) is 2.56. The molecule has 116 valence electrons. The molecule has 0 aliphatic carbocycles. The summed E-state index contributed by atoms with van der Waals surface area (Å²) < 4.78 is 9.94. The molecule has 0 N–H and O–H groups in total. The lowest BCUT2D eigenvalue weighted by atomic mass is 9.98. The first kappa shape index (κ1) is 15.8. The van der Waals surface area contributed by atoms with Crippen LogP contribution < -0.4 is 4.74 Å². The average Bonchev–Trinajstić information content (AvgIpc) is 2.91. The molecule has 0 bridgehead atoms. The predicted octanol–water partition coefficient (Wildman–Crippen LogP) is 2.40. The van der Waals surface area contributed by atoms with Crippen molar-refractivity contribution in [2.75, 3.05) is 14.2 Å². The van der Waals surface area contributed by atoms with Gasteiger partial charge >= 0.3 is 5.97 Å². The number of esters is 1. The summed E-state index contributed by atoms with van der Waals surface area (Å²) in [5, 5.41) is 1.90. The molecular formula is C16H23NO4. The summed E-state index contributed by atoms with van der Waals surface area (Å²) in [6.07, 6.45) is 0.168. The van der Waals surface area contributed by atoms with Crippen molar-refractivity contribution in [1.29, 1.82) is 0 Å². The lowest BCUT2D eigenvalue weighted by molar-refractivity contribution is -0.194. The molecule has 1 fully saturated rings. The van der Waals surface area contributed by atoms with E-state index in [0.717, 1.165) is 11.3 Å². The number of methoxy groups -OCH3 is 2. The van der Waals surface area contributed by atoms with E-state index in [9.17, 15) is 4.79 Å². The van der Waals surface area contributed by atoms with Crippen LogP contribution in [-0.2, 0) is 20.9 Å². The molecule has 1 aromatic carbocycles. The molecule has 0 spiro atoms. The predicted molar refractivity (Wildman–Crippen MR) is 78.7 cm³/mol. The van der Waals surface area contributed by atoms with Crippen LogP contribution in [0.15, 0.2) is 24.3 Å². The third kappa shape index (κ3) is 3.74. The van der Waals surface area contributed by atoms with Crippen molar-refractivity contribution in [2.24, 2.45) is 5.92 Å². The van der Waals surface area contributed by atoms with Crippen LogP contribution in [0.1, 0.15) is 25.8 Å². The first-order chi connectivity index (χ1) is 10.0. The second-order valence-electron chi connectivity index (χ2n) is 5.59. The summed E-state index contributed by atoms with van der Waals surface area (Å²) in [7, 11) is 3.04. The summed E-state index contributed by atoms with van der Waals surface area (Å²) >= 11 is 0. The minimum Gasteiger partial charge on any atom is -0.497 e. The third-order valence-corrected chi connectivity index (χ3v) is 3.82. The van der Waals surface area contributed by atoms with Gasteiger partial charge in [-0.2, -0.15) is 5.06 Å². The molecule has 5 nitrogen and oxygen atoms in total. The van der Waals surface area contributed by atoms with Gasteiger partial charge in [-0.1, -0.05) is 26.0 Å². The second-order valence-corrected chi connectivity index (χ2v) is 5.59. The maximum absolute atomic E-state index is 11.7. The van der Waals surface area contributed by atoms with Crippen LogP contribution in [0.2, 0.25) is 0 Å². The summed E-state index contributed by atoms with van der Waals surface area (Å²) in [6, 6.07) is 8.06. The summed E-state index contributed by atoms with van der Waals surface area (Å²) in [5.74, 6) is 0.921. The Hall–Kier alpha value is -1.59. The molecule has 2 unspecified atom stereocenters. The van der Waals surface area contributed by atoms with Crippen LogP contribution in [0.4, 0.5) is 0 Å². The van der Waals surface area contributed by atoms with Gasteiger partial charge in [-0.15, -0.1) is 0 Å². The van der Waals surface area contributed by atoms with E-state index in [1.54, 1.807) is 7.11 Å². The highest BCUT2D eigenvalue weighted by atomic mass is 16.7. The molecule has 2 atom stereocenters. The molecule has 21 heavy (non-hydrogen) atoms. The number of carbonyl (C=O) groups is 1. The monoisotopic (exact) mass is 293 g/mol. The molecule has 0 radical (unpaired) electrons. The van der Waals surface area contributed by atoms with Crippen molar-refractivity contribution in [1.82, 2.24) is 5.06 Å². The van der Waals surface area contributed by atoms with Crippen molar-refractivity contribution in [3.8, 4) is 5.75 Å². The van der Waals surface area contributed by atoms with Gasteiger partial charge < -0.3 is 9.47 Å². The smallest absolute Gasteiger partial charge is 0.337 e. The second kappa shape index (κ2) is 6.91. The SMILES string of the molecule is COC(=O)C1CC(C(C)C)N(Cc2ccc(OC)cc2)O1. The molecule has 1 aliphatic heterocycles. The van der Waals surface area contributed by atoms with Gasteiger partial charge in [0.15, 0.2) is 6.10 Å². The van der Waals surface area contributed by atoms with E-state index < -0.39 is 6.10 Å².